The molecule has 2 nitrogen and oxygen atoms in total. The molecule has 0 aromatic heterocycles. The number of carbonyl (C=O) groups excluding carboxylic acids is 1. The summed E-state index contributed by atoms with van der Waals surface area (Å²) >= 11 is 5.09. The first kappa shape index (κ1) is 20.8. The fourth-order valence-corrected chi connectivity index (χ4v) is 1.54. The van der Waals surface area contributed by atoms with E-state index in [1.54, 1.807) is 12.2 Å². The van der Waals surface area contributed by atoms with Gasteiger partial charge < -0.3 is 5.32 Å². The average Bonchev–Trinajstić information content (AvgIpc) is 2.41. The van der Waals surface area contributed by atoms with Gasteiger partial charge in [0.2, 0.25) is 5.91 Å². The highest BCUT2D eigenvalue weighted by atomic mass is 35.5. The Hall–Kier alpha value is -1.23. The molecule has 0 heterocycles. The minimum absolute atomic E-state index is 0.134. The summed E-state index contributed by atoms with van der Waals surface area (Å²) in [6.07, 6.45) is 5.74. The van der Waals surface area contributed by atoms with Crippen LogP contribution in [0.1, 0.15) is 39.5 Å². The predicted octanol–water partition coefficient (Wildman–Crippen LogP) is 5.12. The van der Waals surface area contributed by atoms with E-state index in [0.717, 1.165) is 18.9 Å². The maximum absolute atomic E-state index is 12.1. The largest absolute Gasteiger partial charge is 0.426 e. The van der Waals surface area contributed by atoms with Crippen LogP contribution in [0.2, 0.25) is 0 Å². The van der Waals surface area contributed by atoms with Crippen LogP contribution >= 0.6 is 11.6 Å². The Bertz CT molecular complexity index is 412. The van der Waals surface area contributed by atoms with Crippen molar-refractivity contribution in [2.24, 2.45) is 5.92 Å². The Morgan fingerprint density at radius 3 is 2.41 bits per heavy atom. The van der Waals surface area contributed by atoms with Gasteiger partial charge in [-0.2, -0.15) is 13.2 Å². The number of amides is 1. The first-order valence-corrected chi connectivity index (χ1v) is 7.65. The molecular formula is C16H23ClF3NO. The van der Waals surface area contributed by atoms with Crippen molar-refractivity contribution in [1.29, 1.82) is 0 Å². The van der Waals surface area contributed by atoms with E-state index in [-0.39, 0.29) is 5.91 Å². The molecule has 0 spiro atoms. The van der Waals surface area contributed by atoms with Gasteiger partial charge in [0.05, 0.1) is 0 Å². The summed E-state index contributed by atoms with van der Waals surface area (Å²) in [5.41, 5.74) is 0. The van der Waals surface area contributed by atoms with Crippen LogP contribution < -0.4 is 5.32 Å². The van der Waals surface area contributed by atoms with Gasteiger partial charge >= 0.3 is 6.18 Å². The molecule has 0 unspecified atom stereocenters. The molecule has 0 aromatic rings. The fraction of sp³-hybridized carbons (Fsp3) is 0.562. The molecule has 0 fully saturated rings. The molecule has 1 N–H and O–H groups in total. The number of rotatable bonds is 9. The van der Waals surface area contributed by atoms with Crippen LogP contribution in [0.25, 0.3) is 0 Å². The van der Waals surface area contributed by atoms with E-state index in [9.17, 15) is 18.0 Å². The minimum atomic E-state index is -4.44. The van der Waals surface area contributed by atoms with E-state index in [2.05, 4.69) is 5.32 Å². The highest BCUT2D eigenvalue weighted by Gasteiger charge is 2.31. The number of alkyl halides is 3. The van der Waals surface area contributed by atoms with Crippen LogP contribution in [0.5, 0.6) is 0 Å². The lowest BCUT2D eigenvalue weighted by Crippen LogP contribution is -2.25. The maximum Gasteiger partial charge on any atom is 0.426 e. The Kier molecular flexibility index (Phi) is 10.7. The Morgan fingerprint density at radius 1 is 1.18 bits per heavy atom. The number of carbonyl (C=O) groups is 1. The second-order valence-corrected chi connectivity index (χ2v) is 5.67. The molecule has 1 amide bonds. The van der Waals surface area contributed by atoms with Crippen molar-refractivity contribution in [3.63, 3.8) is 0 Å². The summed E-state index contributed by atoms with van der Waals surface area (Å²) in [7, 11) is 0. The lowest BCUT2D eigenvalue weighted by Gasteiger charge is -2.03. The second-order valence-electron chi connectivity index (χ2n) is 5.26. The molecule has 126 valence electrons. The molecule has 0 atom stereocenters. The lowest BCUT2D eigenvalue weighted by atomic mass is 10.2. The molecule has 0 radical (unpaired) electrons. The van der Waals surface area contributed by atoms with Crippen LogP contribution in [-0.4, -0.2) is 18.6 Å². The van der Waals surface area contributed by atoms with Gasteiger partial charge in [-0.15, -0.1) is 0 Å². The first-order valence-electron chi connectivity index (χ1n) is 7.27. The smallest absolute Gasteiger partial charge is 0.352 e. The van der Waals surface area contributed by atoms with Crippen molar-refractivity contribution in [1.82, 2.24) is 5.32 Å². The third-order valence-corrected chi connectivity index (χ3v) is 2.97. The number of hydrogen-bond donors (Lipinski definition) is 1. The van der Waals surface area contributed by atoms with Gasteiger partial charge in [0.15, 0.2) is 0 Å². The van der Waals surface area contributed by atoms with Crippen molar-refractivity contribution in [2.75, 3.05) is 6.54 Å². The zero-order chi connectivity index (χ0) is 17.0. The number of hydrogen-bond acceptors (Lipinski definition) is 1. The highest BCUT2D eigenvalue weighted by molar-refractivity contribution is 6.30. The fourth-order valence-electron chi connectivity index (χ4n) is 1.43. The first-order chi connectivity index (χ1) is 10.2. The second kappa shape index (κ2) is 11.4. The summed E-state index contributed by atoms with van der Waals surface area (Å²) < 4.78 is 36.2. The average molecular weight is 338 g/mol. The van der Waals surface area contributed by atoms with E-state index in [1.165, 1.54) is 6.08 Å². The van der Waals surface area contributed by atoms with Gasteiger partial charge in [-0.1, -0.05) is 49.8 Å². The molecule has 6 heteroatoms. The topological polar surface area (TPSA) is 29.1 Å². The standard InChI is InChI=1S/C16H23ClF3NO/c1-13(2)12-21-15(22)11-9-7-5-3-4-6-8-10-14(17)16(18,19)20/h5,7,9-11,13H,3-4,6,8,12H2,1-2H3,(H,21,22). The maximum atomic E-state index is 12.1. The van der Waals surface area contributed by atoms with Gasteiger partial charge in [-0.3, -0.25) is 4.79 Å². The zero-order valence-electron chi connectivity index (χ0n) is 12.9. The highest BCUT2D eigenvalue weighted by Crippen LogP contribution is 2.29. The van der Waals surface area contributed by atoms with Gasteiger partial charge in [-0.25, -0.2) is 0 Å². The van der Waals surface area contributed by atoms with Crippen LogP contribution in [0.3, 0.4) is 0 Å². The molecule has 0 aliphatic heterocycles. The molecule has 22 heavy (non-hydrogen) atoms. The quantitative estimate of drug-likeness (QED) is 0.353. The van der Waals surface area contributed by atoms with Gasteiger partial charge in [0.1, 0.15) is 5.03 Å². The minimum Gasteiger partial charge on any atom is -0.352 e. The summed E-state index contributed by atoms with van der Waals surface area (Å²) in [5.74, 6) is 0.276. The van der Waals surface area contributed by atoms with Crippen LogP contribution in [0.4, 0.5) is 13.2 Å². The Morgan fingerprint density at radius 2 is 1.82 bits per heavy atom. The third-order valence-electron chi connectivity index (χ3n) is 2.60. The third kappa shape index (κ3) is 12.5. The SMILES string of the molecule is CC(C)CNC(=O)C=CC=CCCCCC=C(Cl)C(F)(F)F. The van der Waals surface area contributed by atoms with Crippen molar-refractivity contribution >= 4 is 17.5 Å². The number of allylic oxidation sites excluding steroid dienone is 5. The molecule has 0 aliphatic rings. The monoisotopic (exact) mass is 337 g/mol. The molecule has 0 saturated heterocycles. The van der Waals surface area contributed by atoms with E-state index in [4.69, 9.17) is 11.6 Å². The van der Waals surface area contributed by atoms with Crippen LogP contribution in [-0.2, 0) is 4.79 Å². The summed E-state index contributed by atoms with van der Waals surface area (Å²) in [6, 6.07) is 0. The summed E-state index contributed by atoms with van der Waals surface area (Å²) in [6.45, 7) is 4.67. The predicted molar refractivity (Wildman–Crippen MR) is 84.6 cm³/mol. The van der Waals surface area contributed by atoms with E-state index >= 15 is 0 Å². The normalized spacial score (nSPS) is 13.5. The number of nitrogens with one attached hydrogen (secondary N) is 1. The van der Waals surface area contributed by atoms with Crippen LogP contribution in [0.15, 0.2) is 35.4 Å². The molecule has 0 bridgehead atoms. The Labute approximate surface area is 135 Å². The van der Waals surface area contributed by atoms with Gasteiger partial charge in [0, 0.05) is 12.6 Å². The zero-order valence-corrected chi connectivity index (χ0v) is 13.7. The number of unbranched alkanes of at least 4 members (excludes halogenated alkanes) is 3. The van der Waals surface area contributed by atoms with Gasteiger partial charge in [-0.05, 0) is 31.6 Å². The van der Waals surface area contributed by atoms with E-state index in [0.29, 0.717) is 25.3 Å². The van der Waals surface area contributed by atoms with E-state index in [1.807, 2.05) is 19.9 Å². The number of halogens is 4. The molecule has 0 aromatic carbocycles. The van der Waals surface area contributed by atoms with Crippen LogP contribution in [0, 0.1) is 5.92 Å². The van der Waals surface area contributed by atoms with Crippen molar-refractivity contribution in [3.8, 4) is 0 Å². The molecule has 0 rings (SSSR count). The summed E-state index contributed by atoms with van der Waals surface area (Å²) in [5, 5.41) is 1.70. The van der Waals surface area contributed by atoms with Crippen molar-refractivity contribution in [2.45, 2.75) is 45.7 Å². The lowest BCUT2D eigenvalue weighted by molar-refractivity contribution is -0.116. The van der Waals surface area contributed by atoms with Crippen molar-refractivity contribution < 1.29 is 18.0 Å². The molecule has 0 saturated carbocycles. The van der Waals surface area contributed by atoms with Gasteiger partial charge in [0.25, 0.3) is 0 Å². The summed E-state index contributed by atoms with van der Waals surface area (Å²) in [4.78, 5) is 11.3. The van der Waals surface area contributed by atoms with Crippen molar-refractivity contribution in [3.05, 3.63) is 35.4 Å². The Balaban J connectivity index is 3.74. The molecular weight excluding hydrogens is 315 g/mol. The molecule has 0 aliphatic carbocycles. The van der Waals surface area contributed by atoms with E-state index < -0.39 is 11.2 Å².